The second-order valence-electron chi connectivity index (χ2n) is 36.2. The molecule has 15 amide bonds. The Morgan fingerprint density at radius 1 is 0.504 bits per heavy atom. The number of unbranched alkanes of at least 4 members (excludes halogenated alkanes) is 3. The Hall–Kier alpha value is -13.6. The topological polar surface area (TPSA) is 599 Å². The molecule has 22 N–H and O–H groups in total. The van der Waals surface area contributed by atoms with E-state index in [2.05, 4.69) is 63.5 Å². The first-order chi connectivity index (χ1) is 66.9. The number of guanidine groups is 1. The number of rotatable bonds is 55. The minimum absolute atomic E-state index is 0.0105. The van der Waals surface area contributed by atoms with Gasteiger partial charge in [0, 0.05) is 130 Å². The summed E-state index contributed by atoms with van der Waals surface area (Å²) in [4.78, 5) is 250. The molecular formula is C99H131N21O18S. The highest BCUT2D eigenvalue weighted by atomic mass is 32.2. The molecule has 39 nitrogen and oxygen atoms in total. The highest BCUT2D eigenvalue weighted by Gasteiger charge is 2.47. The van der Waals surface area contributed by atoms with E-state index in [1.165, 1.54) is 21.7 Å². The lowest BCUT2D eigenvalue weighted by Gasteiger charge is -2.35. The van der Waals surface area contributed by atoms with Crippen molar-refractivity contribution in [3.05, 3.63) is 179 Å². The van der Waals surface area contributed by atoms with Crippen molar-refractivity contribution >= 4 is 129 Å². The monoisotopic (exact) mass is 1930 g/mol. The lowest BCUT2D eigenvalue weighted by atomic mass is 9.97. The van der Waals surface area contributed by atoms with Crippen LogP contribution in [0.4, 0.5) is 4.79 Å². The van der Waals surface area contributed by atoms with Crippen molar-refractivity contribution in [1.82, 2.24) is 83.1 Å². The minimum Gasteiger partial charge on any atom is -0.480 e. The second-order valence-corrected chi connectivity index (χ2v) is 37.5. The Morgan fingerprint density at radius 2 is 1.03 bits per heavy atom. The van der Waals surface area contributed by atoms with E-state index >= 15 is 28.8 Å². The van der Waals surface area contributed by atoms with Crippen molar-refractivity contribution in [2.24, 2.45) is 22.9 Å². The van der Waals surface area contributed by atoms with E-state index in [9.17, 15) is 57.8 Å². The Morgan fingerprint density at radius 3 is 1.66 bits per heavy atom. The number of carboxylic acids is 1. The van der Waals surface area contributed by atoms with Crippen LogP contribution in [-0.2, 0) is 97.6 Å². The van der Waals surface area contributed by atoms with Crippen LogP contribution in [0.5, 0.6) is 0 Å². The molecule has 5 aliphatic heterocycles. The fourth-order valence-corrected chi connectivity index (χ4v) is 20.2. The molecule has 6 aromatic rings. The number of primary amides is 2. The van der Waals surface area contributed by atoms with Gasteiger partial charge in [-0.05, 0) is 150 Å². The number of carbonyl (C=O) groups is 17. The zero-order valence-corrected chi connectivity index (χ0v) is 79.2. The van der Waals surface area contributed by atoms with Gasteiger partial charge < -0.3 is 106 Å². The molecule has 14 atom stereocenters. The van der Waals surface area contributed by atoms with Gasteiger partial charge in [0.2, 0.25) is 76.8 Å². The number of carbonyl (C=O) groups excluding carboxylic acids is 16. The van der Waals surface area contributed by atoms with Crippen molar-refractivity contribution in [2.75, 3.05) is 58.6 Å². The molecule has 6 heterocycles. The third kappa shape index (κ3) is 30.9. The van der Waals surface area contributed by atoms with Crippen LogP contribution < -0.4 is 81.4 Å². The number of likely N-dealkylation sites (tertiary alicyclic amines) is 3. The number of aliphatic carboxylic acids is 1. The maximum atomic E-state index is 15.7. The summed E-state index contributed by atoms with van der Waals surface area (Å²) in [5, 5.41) is 50.5. The molecule has 11 rings (SSSR count). The normalized spacial score (nSPS) is 18.7. The minimum atomic E-state index is -1.72. The van der Waals surface area contributed by atoms with Gasteiger partial charge in [0.25, 0.3) is 0 Å². The Labute approximate surface area is 811 Å². The van der Waals surface area contributed by atoms with E-state index in [4.69, 9.17) is 28.3 Å². The van der Waals surface area contributed by atoms with E-state index in [0.717, 1.165) is 34.4 Å². The standard InChI is InChI=1S/C99H131N21O18S/c1-117(80(55-62-28-19-31-64(52-62)86(125)63-29-9-4-10-30-63)92(131)114-75(97(136)137)56-65-57-107-68-34-12-11-33-67(65)68)96(135)79-39-23-51-120(79)95(134)74(54-61-26-7-3-8-27-61)113-89(128)73(53-60-24-5-2-6-25-60)112-88(127)69(42-44-82(101)122)109-87(126)70(43-45-83(102)123)110-90(129)77-37-22-50-119(77)94(133)72(35-15-17-46-100)111-91(130)78-38-21-49-118(78)93(132)71(36-20-48-106-98(103)104)108-58-66(121)32-16-18-47-105-84(124)41-14-13-40-81-85-76(59-139-81)115-99(138)116-85/h2-12,19,24-31,33-34,52,57,69-81,85,107-108H,13-18,20-23,32,35-51,53-56,58-59,100H2,1H3,(H2,101,122)(H2,102,123)(H,105,124)(H,109,126)(H,110,129)(H,111,130)(H,112,127)(H,113,128)(H,114,131)(H,136,137)(H4,103,104,106)(H2,115,116,138)/t69-,70-,71-,72-,73-,74-,75-,76?,77-,78-,79+,80-,81?,85?/m0/s1. The third-order valence-electron chi connectivity index (χ3n) is 26.1. The number of likely N-dealkylation sites (N-methyl/N-ethyl adjacent to an activating group) is 1. The van der Waals surface area contributed by atoms with Crippen molar-refractivity contribution in [1.29, 1.82) is 5.41 Å². The highest BCUT2D eigenvalue weighted by Crippen LogP contribution is 2.34. The summed E-state index contributed by atoms with van der Waals surface area (Å²) in [6.45, 7) is 0.798. The number of aromatic amines is 1. The van der Waals surface area contributed by atoms with E-state index in [1.807, 2.05) is 30.0 Å². The highest BCUT2D eigenvalue weighted by molar-refractivity contribution is 8.00. The third-order valence-corrected chi connectivity index (χ3v) is 27.6. The summed E-state index contributed by atoms with van der Waals surface area (Å²) < 4.78 is 0. The fourth-order valence-electron chi connectivity index (χ4n) is 18.6. The molecule has 0 spiro atoms. The molecule has 1 aromatic heterocycles. The van der Waals surface area contributed by atoms with Crippen LogP contribution in [0.2, 0.25) is 0 Å². The first kappa shape index (κ1) is 106. The number of aromatic nitrogens is 1. The molecule has 139 heavy (non-hydrogen) atoms. The smallest absolute Gasteiger partial charge is 0.326 e. The van der Waals surface area contributed by atoms with Gasteiger partial charge in [0.05, 0.1) is 24.7 Å². The summed E-state index contributed by atoms with van der Waals surface area (Å²) in [7, 11) is 1.37. The molecule has 5 aliphatic rings. The number of nitrogens with zero attached hydrogens (tertiary/aromatic N) is 4. The summed E-state index contributed by atoms with van der Waals surface area (Å²) in [6.07, 6.45) is 5.47. The second kappa shape index (κ2) is 52.8. The van der Waals surface area contributed by atoms with Gasteiger partial charge in [-0.1, -0.05) is 134 Å². The van der Waals surface area contributed by atoms with Gasteiger partial charge >= 0.3 is 12.0 Å². The predicted octanol–water partition coefficient (Wildman–Crippen LogP) is 1.93. The Balaban J connectivity index is 0.748. The van der Waals surface area contributed by atoms with Crippen molar-refractivity contribution in [3.8, 4) is 0 Å². The number of para-hydroxylation sites is 1. The van der Waals surface area contributed by atoms with Crippen LogP contribution in [0.3, 0.4) is 0 Å². The zero-order chi connectivity index (χ0) is 99.6. The maximum Gasteiger partial charge on any atom is 0.326 e. The van der Waals surface area contributed by atoms with Crippen LogP contribution >= 0.6 is 11.8 Å². The summed E-state index contributed by atoms with van der Waals surface area (Å²) >= 11 is 1.83. The molecule has 0 bridgehead atoms. The first-order valence-electron chi connectivity index (χ1n) is 48.0. The van der Waals surface area contributed by atoms with E-state index in [0.29, 0.717) is 91.0 Å². The van der Waals surface area contributed by atoms with Gasteiger partial charge in [0.15, 0.2) is 11.7 Å². The maximum absolute atomic E-state index is 15.7. The summed E-state index contributed by atoms with van der Waals surface area (Å²) in [6, 6.07) is 24.1. The molecule has 0 saturated carbocycles. The SMILES string of the molecule is CN(C(=O)[C@H]1CCCN1C(=O)[C@H](Cc1ccccc1)NC(=O)[C@H](Cc1ccccc1)NC(=O)[C@H](CCC(N)=O)NC(=O)[C@H](CCC(N)=O)NC(=O)[C@@H]1CCCN1C(=O)[C@H](CCCCN)NC(=O)[C@@H]1CCCN1C(=O)[C@H](CCCNC(=N)N)NCC(=O)CCCCNC(=O)CCCCC1SCC2NC(=O)NC21)[C@@H](Cc1cccc(C(=O)c2ccccc2)c1)C(=O)N[C@@H](Cc1c[nH]c2ccccc12)C(=O)O. The zero-order valence-electron chi connectivity index (χ0n) is 78.4. The molecule has 0 radical (unpaired) electrons. The van der Waals surface area contributed by atoms with Crippen LogP contribution in [-0.4, -0.2) is 278 Å². The number of carboxylic acid groups (broad SMARTS) is 1. The van der Waals surface area contributed by atoms with E-state index in [-0.39, 0.29) is 163 Å². The number of nitrogens with one attached hydrogen (secondary N) is 13. The van der Waals surface area contributed by atoms with Crippen LogP contribution in [0, 0.1) is 5.41 Å². The number of nitrogens with two attached hydrogens (primary N) is 4. The van der Waals surface area contributed by atoms with E-state index < -0.39 is 169 Å². The quantitative estimate of drug-likeness (QED) is 0.00852. The van der Waals surface area contributed by atoms with Crippen molar-refractivity contribution < 1.29 is 86.6 Å². The van der Waals surface area contributed by atoms with Crippen molar-refractivity contribution in [3.63, 3.8) is 0 Å². The number of hydrogen-bond donors (Lipinski definition) is 18. The molecule has 5 aromatic carbocycles. The van der Waals surface area contributed by atoms with Gasteiger partial charge in [-0.25, -0.2) is 9.59 Å². The number of amides is 15. The lowest BCUT2D eigenvalue weighted by Crippen LogP contribution is -2.61. The summed E-state index contributed by atoms with van der Waals surface area (Å²) in [5.41, 5.74) is 26.4. The average molecular weight is 1940 g/mol. The molecule has 746 valence electrons. The Bertz CT molecular complexity index is 5330. The number of thioether (sulfide) groups is 1. The number of hydrogen-bond acceptors (Lipinski definition) is 21. The lowest BCUT2D eigenvalue weighted by molar-refractivity contribution is -0.149. The largest absolute Gasteiger partial charge is 0.480 e. The van der Waals surface area contributed by atoms with Gasteiger partial charge in [-0.3, -0.25) is 82.6 Å². The molecule has 5 fully saturated rings. The van der Waals surface area contributed by atoms with Crippen LogP contribution in [0.1, 0.15) is 179 Å². The number of Topliss-reactive ketones (excluding diaryl/α,β-unsaturated/α-hetero) is 1. The van der Waals surface area contributed by atoms with E-state index in [1.54, 1.807) is 128 Å². The molecular weight excluding hydrogens is 1800 g/mol. The van der Waals surface area contributed by atoms with Gasteiger partial charge in [-0.15, -0.1) is 0 Å². The molecule has 40 heteroatoms. The average Bonchev–Trinajstić information content (AvgIpc) is 1.75. The first-order valence-corrected chi connectivity index (χ1v) is 49.1. The van der Waals surface area contributed by atoms with Crippen molar-refractivity contribution in [2.45, 2.75) is 251 Å². The van der Waals surface area contributed by atoms with Crippen LogP contribution in [0.25, 0.3) is 10.9 Å². The predicted molar refractivity (Wildman–Crippen MR) is 519 cm³/mol. The Kier molecular flexibility index (Phi) is 40.2. The van der Waals surface area contributed by atoms with Gasteiger partial charge in [0.1, 0.15) is 66.2 Å². The fraction of sp³-hybridized carbons (Fsp3) is 0.495. The number of fused-ring (bicyclic) bond motifs is 2. The number of urea groups is 1. The molecule has 3 unspecified atom stereocenters. The number of H-pyrrole nitrogens is 1. The molecule has 0 aliphatic carbocycles. The number of ketones is 2. The number of benzene rings is 5. The van der Waals surface area contributed by atoms with Crippen LogP contribution in [0.15, 0.2) is 146 Å². The molecule has 5 saturated heterocycles. The summed E-state index contributed by atoms with van der Waals surface area (Å²) in [5.74, 6) is -11.2. The van der Waals surface area contributed by atoms with Gasteiger partial charge in [-0.2, -0.15) is 11.8 Å².